The maximum absolute atomic E-state index is 12.3. The molecular formula is C20H22N4O2S. The van der Waals surface area contributed by atoms with Crippen molar-refractivity contribution in [3.8, 4) is 10.9 Å². The number of ether oxygens (including phenoxy) is 1. The van der Waals surface area contributed by atoms with Gasteiger partial charge in [-0.05, 0) is 44.5 Å². The molecule has 27 heavy (non-hydrogen) atoms. The van der Waals surface area contributed by atoms with E-state index in [0.717, 1.165) is 40.1 Å². The van der Waals surface area contributed by atoms with Gasteiger partial charge < -0.3 is 10.1 Å². The molecule has 2 aromatic heterocycles. The summed E-state index contributed by atoms with van der Waals surface area (Å²) in [5.74, 6) is 0.635. The van der Waals surface area contributed by atoms with Crippen molar-refractivity contribution in [3.05, 3.63) is 64.9 Å². The number of benzene rings is 1. The molecule has 0 spiro atoms. The van der Waals surface area contributed by atoms with Crippen LogP contribution in [0.25, 0.3) is 5.13 Å². The molecular weight excluding hydrogens is 360 g/mol. The Labute approximate surface area is 162 Å². The normalized spacial score (nSPS) is 10.6. The van der Waals surface area contributed by atoms with Gasteiger partial charge in [0, 0.05) is 22.3 Å². The molecule has 3 rings (SSSR count). The van der Waals surface area contributed by atoms with Crippen LogP contribution in [0.5, 0.6) is 5.75 Å². The molecule has 1 N–H and O–H groups in total. The van der Waals surface area contributed by atoms with E-state index in [0.29, 0.717) is 0 Å². The zero-order valence-corrected chi connectivity index (χ0v) is 16.5. The third kappa shape index (κ3) is 4.25. The lowest BCUT2D eigenvalue weighted by Crippen LogP contribution is -2.14. The molecule has 6 nitrogen and oxygen atoms in total. The second kappa shape index (κ2) is 8.18. The summed E-state index contributed by atoms with van der Waals surface area (Å²) in [6.07, 6.45) is 2.86. The van der Waals surface area contributed by atoms with Gasteiger partial charge in [-0.25, -0.2) is 9.67 Å². The maximum atomic E-state index is 12.3. The SMILES string of the molecule is C=CCc1c(C)nn(-c2nc(CC(=O)Nc3ccc(OC)cc3)cs2)c1C. The zero-order valence-electron chi connectivity index (χ0n) is 15.7. The van der Waals surface area contributed by atoms with Crippen molar-refractivity contribution in [2.45, 2.75) is 26.7 Å². The number of nitrogens with one attached hydrogen (secondary N) is 1. The van der Waals surface area contributed by atoms with Crippen LogP contribution in [0, 0.1) is 13.8 Å². The Morgan fingerprint density at radius 2 is 2.07 bits per heavy atom. The summed E-state index contributed by atoms with van der Waals surface area (Å²) in [5, 5.41) is 10.1. The first kappa shape index (κ1) is 18.8. The number of thiazole rings is 1. The average Bonchev–Trinajstić information content (AvgIpc) is 3.22. The van der Waals surface area contributed by atoms with Crippen LogP contribution in [0.15, 0.2) is 42.3 Å². The van der Waals surface area contributed by atoms with Crippen LogP contribution in [0.2, 0.25) is 0 Å². The highest BCUT2D eigenvalue weighted by molar-refractivity contribution is 7.12. The smallest absolute Gasteiger partial charge is 0.230 e. The Morgan fingerprint density at radius 3 is 2.74 bits per heavy atom. The fourth-order valence-electron chi connectivity index (χ4n) is 2.82. The first-order valence-corrected chi connectivity index (χ1v) is 9.44. The lowest BCUT2D eigenvalue weighted by Gasteiger charge is -2.05. The van der Waals surface area contributed by atoms with Crippen molar-refractivity contribution < 1.29 is 9.53 Å². The van der Waals surface area contributed by atoms with Gasteiger partial charge in [0.15, 0.2) is 0 Å². The summed E-state index contributed by atoms with van der Waals surface area (Å²) in [6, 6.07) is 7.22. The fourth-order valence-corrected chi connectivity index (χ4v) is 3.64. The minimum Gasteiger partial charge on any atom is -0.497 e. The first-order chi connectivity index (χ1) is 13.0. The standard InChI is InChI=1S/C20H22N4O2S/c1-5-6-18-13(2)23-24(14(18)3)20-22-16(12-27-20)11-19(25)21-15-7-9-17(26-4)10-8-15/h5,7-10,12H,1,6,11H2,2-4H3,(H,21,25). The van der Waals surface area contributed by atoms with E-state index in [1.54, 1.807) is 31.4 Å². The number of methoxy groups -OCH3 is 1. The second-order valence-corrected chi connectivity index (χ2v) is 6.97. The molecule has 2 heterocycles. The second-order valence-electron chi connectivity index (χ2n) is 6.13. The summed E-state index contributed by atoms with van der Waals surface area (Å²) in [7, 11) is 1.61. The van der Waals surface area contributed by atoms with E-state index in [1.807, 2.05) is 30.0 Å². The largest absolute Gasteiger partial charge is 0.497 e. The molecule has 0 aliphatic heterocycles. The van der Waals surface area contributed by atoms with Gasteiger partial charge in [0.25, 0.3) is 0 Å². The molecule has 0 saturated heterocycles. The molecule has 0 bridgehead atoms. The number of nitrogens with zero attached hydrogens (tertiary/aromatic N) is 3. The Kier molecular flexibility index (Phi) is 5.71. The predicted molar refractivity (Wildman–Crippen MR) is 108 cm³/mol. The molecule has 1 aromatic carbocycles. The minimum absolute atomic E-state index is 0.113. The molecule has 0 unspecified atom stereocenters. The number of hydrogen-bond donors (Lipinski definition) is 1. The number of carbonyl (C=O) groups excluding carboxylic acids is 1. The van der Waals surface area contributed by atoms with Crippen molar-refractivity contribution >= 4 is 22.9 Å². The van der Waals surface area contributed by atoms with Crippen LogP contribution in [-0.4, -0.2) is 27.8 Å². The van der Waals surface area contributed by atoms with Gasteiger partial charge >= 0.3 is 0 Å². The quantitative estimate of drug-likeness (QED) is 0.630. The maximum Gasteiger partial charge on any atom is 0.230 e. The van der Waals surface area contributed by atoms with Crippen molar-refractivity contribution in [1.29, 1.82) is 0 Å². The lowest BCUT2D eigenvalue weighted by atomic mass is 10.1. The minimum atomic E-state index is -0.113. The number of allylic oxidation sites excluding steroid dienone is 1. The van der Waals surface area contributed by atoms with Gasteiger partial charge in [0.2, 0.25) is 11.0 Å². The van der Waals surface area contributed by atoms with Gasteiger partial charge in [-0.3, -0.25) is 4.79 Å². The third-order valence-electron chi connectivity index (χ3n) is 4.23. The van der Waals surface area contributed by atoms with E-state index >= 15 is 0 Å². The van der Waals surface area contributed by atoms with E-state index in [4.69, 9.17) is 4.74 Å². The predicted octanol–water partition coefficient (Wildman–Crippen LogP) is 3.86. The number of amides is 1. The molecule has 0 saturated carbocycles. The molecule has 7 heteroatoms. The summed E-state index contributed by atoms with van der Waals surface area (Å²) < 4.78 is 6.95. The Bertz CT molecular complexity index is 957. The highest BCUT2D eigenvalue weighted by Crippen LogP contribution is 2.22. The first-order valence-electron chi connectivity index (χ1n) is 8.56. The van der Waals surface area contributed by atoms with Gasteiger partial charge in [-0.15, -0.1) is 17.9 Å². The number of aryl methyl sites for hydroxylation is 1. The Balaban J connectivity index is 1.69. The summed E-state index contributed by atoms with van der Waals surface area (Å²) in [4.78, 5) is 16.9. The summed E-state index contributed by atoms with van der Waals surface area (Å²) >= 11 is 1.48. The van der Waals surface area contributed by atoms with Gasteiger partial charge in [-0.1, -0.05) is 6.08 Å². The molecule has 3 aromatic rings. The fraction of sp³-hybridized carbons (Fsp3) is 0.250. The molecule has 1 amide bonds. The van der Waals surface area contributed by atoms with Crippen LogP contribution in [0.1, 0.15) is 22.6 Å². The molecule has 0 fully saturated rings. The number of carbonyl (C=O) groups is 1. The molecule has 0 aliphatic carbocycles. The van der Waals surface area contributed by atoms with E-state index in [-0.39, 0.29) is 12.3 Å². The van der Waals surface area contributed by atoms with Crippen LogP contribution in [0.3, 0.4) is 0 Å². The Hall–Kier alpha value is -2.93. The van der Waals surface area contributed by atoms with E-state index in [9.17, 15) is 4.79 Å². The van der Waals surface area contributed by atoms with E-state index in [1.165, 1.54) is 16.9 Å². The lowest BCUT2D eigenvalue weighted by molar-refractivity contribution is -0.115. The monoisotopic (exact) mass is 382 g/mol. The van der Waals surface area contributed by atoms with Crippen molar-refractivity contribution in [3.63, 3.8) is 0 Å². The Morgan fingerprint density at radius 1 is 1.33 bits per heavy atom. The van der Waals surface area contributed by atoms with Crippen molar-refractivity contribution in [2.24, 2.45) is 0 Å². The number of aromatic nitrogens is 3. The van der Waals surface area contributed by atoms with Gasteiger partial charge in [0.05, 0.1) is 24.9 Å². The molecule has 0 aliphatic rings. The van der Waals surface area contributed by atoms with Gasteiger partial charge in [-0.2, -0.15) is 5.10 Å². The highest BCUT2D eigenvalue weighted by atomic mass is 32.1. The van der Waals surface area contributed by atoms with Gasteiger partial charge in [0.1, 0.15) is 5.75 Å². The number of rotatable bonds is 7. The van der Waals surface area contributed by atoms with Crippen LogP contribution >= 0.6 is 11.3 Å². The van der Waals surface area contributed by atoms with Crippen LogP contribution in [-0.2, 0) is 17.6 Å². The van der Waals surface area contributed by atoms with E-state index < -0.39 is 0 Å². The topological polar surface area (TPSA) is 69.0 Å². The van der Waals surface area contributed by atoms with E-state index in [2.05, 4.69) is 22.0 Å². The van der Waals surface area contributed by atoms with Crippen molar-refractivity contribution in [2.75, 3.05) is 12.4 Å². The summed E-state index contributed by atoms with van der Waals surface area (Å²) in [6.45, 7) is 7.81. The molecule has 0 radical (unpaired) electrons. The number of hydrogen-bond acceptors (Lipinski definition) is 5. The summed E-state index contributed by atoms with van der Waals surface area (Å²) in [5.41, 5.74) is 4.64. The highest BCUT2D eigenvalue weighted by Gasteiger charge is 2.15. The average molecular weight is 382 g/mol. The van der Waals surface area contributed by atoms with Crippen LogP contribution in [0.4, 0.5) is 5.69 Å². The van der Waals surface area contributed by atoms with Crippen molar-refractivity contribution in [1.82, 2.24) is 14.8 Å². The number of anilines is 1. The third-order valence-corrected chi connectivity index (χ3v) is 5.09. The van der Waals surface area contributed by atoms with Crippen LogP contribution < -0.4 is 10.1 Å². The molecule has 0 atom stereocenters. The zero-order chi connectivity index (χ0) is 19.4. The molecule has 140 valence electrons.